The zero-order valence-electron chi connectivity index (χ0n) is 10.7. The van der Waals surface area contributed by atoms with Gasteiger partial charge in [0.25, 0.3) is 0 Å². The molecule has 0 heterocycles. The lowest BCUT2D eigenvalue weighted by molar-refractivity contribution is 0.440. The fourth-order valence-electron chi connectivity index (χ4n) is 1.66. The highest BCUT2D eigenvalue weighted by Crippen LogP contribution is 2.33. The zero-order valence-corrected chi connectivity index (χ0v) is 13.1. The summed E-state index contributed by atoms with van der Waals surface area (Å²) in [6.07, 6.45) is 0. The Morgan fingerprint density at radius 3 is 2.75 bits per heavy atom. The van der Waals surface area contributed by atoms with Gasteiger partial charge in [0, 0.05) is 9.37 Å². The van der Waals surface area contributed by atoms with E-state index in [1.807, 2.05) is 13.0 Å². The zero-order chi connectivity index (χ0) is 14.5. The van der Waals surface area contributed by atoms with Gasteiger partial charge < -0.3 is 4.74 Å². The molecule has 0 N–H and O–H groups in total. The largest absolute Gasteiger partial charge is 0.453 e. The van der Waals surface area contributed by atoms with E-state index in [0.29, 0.717) is 15.8 Å². The molecule has 102 valence electrons. The molecule has 2 nitrogen and oxygen atoms in total. The Labute approximate surface area is 129 Å². The Balaban J connectivity index is 2.38. The molecule has 0 saturated heterocycles. The quantitative estimate of drug-likeness (QED) is 0.694. The third kappa shape index (κ3) is 3.33. The van der Waals surface area contributed by atoms with Gasteiger partial charge in [-0.1, -0.05) is 28.9 Å². The van der Waals surface area contributed by atoms with Crippen molar-refractivity contribution >= 4 is 27.7 Å². The summed E-state index contributed by atoms with van der Waals surface area (Å²) >= 11 is 4.74. The average molecular weight is 352 g/mol. The van der Waals surface area contributed by atoms with Crippen LogP contribution in [0.1, 0.15) is 12.5 Å². The lowest BCUT2D eigenvalue weighted by Crippen LogP contribution is -1.93. The highest BCUT2D eigenvalue weighted by Gasteiger charge is 2.12. The third-order valence-electron chi connectivity index (χ3n) is 2.51. The van der Waals surface area contributed by atoms with Crippen molar-refractivity contribution in [3.05, 3.63) is 52.3 Å². The van der Waals surface area contributed by atoms with E-state index in [2.05, 4.69) is 22.0 Å². The molecule has 0 aliphatic carbocycles. The van der Waals surface area contributed by atoms with E-state index in [-0.39, 0.29) is 5.75 Å². The number of nitrogens with zero attached hydrogens (tertiary/aromatic N) is 1. The van der Waals surface area contributed by atoms with Crippen LogP contribution in [0.3, 0.4) is 0 Å². The number of hydrogen-bond acceptors (Lipinski definition) is 3. The van der Waals surface area contributed by atoms with Crippen LogP contribution >= 0.6 is 27.7 Å². The topological polar surface area (TPSA) is 33.0 Å². The van der Waals surface area contributed by atoms with Crippen LogP contribution in [-0.2, 0) is 0 Å². The van der Waals surface area contributed by atoms with Gasteiger partial charge in [-0.3, -0.25) is 0 Å². The molecule has 0 bridgehead atoms. The second kappa shape index (κ2) is 6.78. The first-order valence-corrected chi connectivity index (χ1v) is 7.72. The smallest absolute Gasteiger partial charge is 0.166 e. The summed E-state index contributed by atoms with van der Waals surface area (Å²) in [5.74, 6) is 0.845. The Morgan fingerprint density at radius 2 is 2.10 bits per heavy atom. The number of nitriles is 1. The third-order valence-corrected chi connectivity index (χ3v) is 3.95. The van der Waals surface area contributed by atoms with Gasteiger partial charge in [0.15, 0.2) is 11.6 Å². The standard InChI is InChI=1S/C15H11BrFNOS/c1-2-20-15-5-3-4-13(11(15)9-18)19-14-7-6-10(16)8-12(14)17/h3-8H,2H2,1H3. The maximum Gasteiger partial charge on any atom is 0.166 e. The van der Waals surface area contributed by atoms with E-state index in [1.165, 1.54) is 12.1 Å². The Bertz CT molecular complexity index is 669. The molecule has 0 spiro atoms. The lowest BCUT2D eigenvalue weighted by Gasteiger charge is -2.11. The first-order valence-electron chi connectivity index (χ1n) is 5.94. The number of hydrogen-bond donors (Lipinski definition) is 0. The van der Waals surface area contributed by atoms with E-state index < -0.39 is 5.82 Å². The van der Waals surface area contributed by atoms with Crippen LogP contribution in [0.5, 0.6) is 11.5 Å². The van der Waals surface area contributed by atoms with Gasteiger partial charge in [0.05, 0.1) is 0 Å². The minimum Gasteiger partial charge on any atom is -0.453 e. The average Bonchev–Trinajstić information content (AvgIpc) is 2.42. The number of benzene rings is 2. The van der Waals surface area contributed by atoms with Gasteiger partial charge in [0.1, 0.15) is 17.4 Å². The first-order chi connectivity index (χ1) is 9.65. The van der Waals surface area contributed by atoms with Crippen LogP contribution in [-0.4, -0.2) is 5.75 Å². The van der Waals surface area contributed by atoms with Crippen molar-refractivity contribution in [2.45, 2.75) is 11.8 Å². The molecule has 0 aromatic heterocycles. The summed E-state index contributed by atoms with van der Waals surface area (Å²) in [7, 11) is 0. The molecular weight excluding hydrogens is 341 g/mol. The van der Waals surface area contributed by atoms with Crippen molar-refractivity contribution in [1.29, 1.82) is 5.26 Å². The van der Waals surface area contributed by atoms with Crippen LogP contribution in [0.2, 0.25) is 0 Å². The van der Waals surface area contributed by atoms with Crippen molar-refractivity contribution in [3.63, 3.8) is 0 Å². The maximum atomic E-state index is 13.8. The van der Waals surface area contributed by atoms with E-state index in [4.69, 9.17) is 4.74 Å². The van der Waals surface area contributed by atoms with E-state index >= 15 is 0 Å². The molecule has 0 amide bonds. The fourth-order valence-corrected chi connectivity index (χ4v) is 2.77. The van der Waals surface area contributed by atoms with Gasteiger partial charge in [-0.05, 0) is 36.1 Å². The van der Waals surface area contributed by atoms with Gasteiger partial charge in [0.2, 0.25) is 0 Å². The summed E-state index contributed by atoms with van der Waals surface area (Å²) < 4.78 is 20.0. The maximum absolute atomic E-state index is 13.8. The highest BCUT2D eigenvalue weighted by molar-refractivity contribution is 9.10. The lowest BCUT2D eigenvalue weighted by atomic mass is 10.2. The van der Waals surface area contributed by atoms with Gasteiger partial charge in [-0.25, -0.2) is 4.39 Å². The normalized spacial score (nSPS) is 10.1. The molecule has 2 rings (SSSR count). The molecule has 0 atom stereocenters. The molecule has 0 saturated carbocycles. The molecule has 20 heavy (non-hydrogen) atoms. The fraction of sp³-hybridized carbons (Fsp3) is 0.133. The predicted octanol–water partition coefficient (Wildman–Crippen LogP) is 5.36. The highest BCUT2D eigenvalue weighted by atomic mass is 79.9. The summed E-state index contributed by atoms with van der Waals surface area (Å²) in [6, 6.07) is 12.0. The summed E-state index contributed by atoms with van der Waals surface area (Å²) in [5, 5.41) is 9.27. The molecule has 0 aliphatic heterocycles. The van der Waals surface area contributed by atoms with Crippen molar-refractivity contribution in [2.75, 3.05) is 5.75 Å². The van der Waals surface area contributed by atoms with Crippen molar-refractivity contribution < 1.29 is 9.13 Å². The van der Waals surface area contributed by atoms with Crippen LogP contribution in [0.4, 0.5) is 4.39 Å². The van der Waals surface area contributed by atoms with Crippen LogP contribution in [0.25, 0.3) is 0 Å². The molecule has 0 fully saturated rings. The minimum atomic E-state index is -0.475. The second-order valence-electron chi connectivity index (χ2n) is 3.85. The molecule has 5 heteroatoms. The first kappa shape index (κ1) is 14.9. The molecule has 0 unspecified atom stereocenters. The summed E-state index contributed by atoms with van der Waals surface area (Å²) in [4.78, 5) is 0.838. The van der Waals surface area contributed by atoms with Crippen molar-refractivity contribution in [1.82, 2.24) is 0 Å². The van der Waals surface area contributed by atoms with Crippen molar-refractivity contribution in [2.24, 2.45) is 0 Å². The van der Waals surface area contributed by atoms with E-state index in [0.717, 1.165) is 10.6 Å². The van der Waals surface area contributed by atoms with Gasteiger partial charge in [-0.15, -0.1) is 11.8 Å². The van der Waals surface area contributed by atoms with E-state index in [1.54, 1.807) is 30.0 Å². The predicted molar refractivity (Wildman–Crippen MR) is 81.7 cm³/mol. The number of ether oxygens (including phenoxy) is 1. The monoisotopic (exact) mass is 351 g/mol. The SMILES string of the molecule is CCSc1cccc(Oc2ccc(Br)cc2F)c1C#N. The van der Waals surface area contributed by atoms with Gasteiger partial charge in [-0.2, -0.15) is 5.26 Å². The van der Waals surface area contributed by atoms with Crippen LogP contribution < -0.4 is 4.74 Å². The van der Waals surface area contributed by atoms with Crippen molar-refractivity contribution in [3.8, 4) is 17.6 Å². The molecule has 0 radical (unpaired) electrons. The van der Waals surface area contributed by atoms with E-state index in [9.17, 15) is 9.65 Å². The second-order valence-corrected chi connectivity index (χ2v) is 6.07. The number of halogens is 2. The molecule has 2 aromatic rings. The Morgan fingerprint density at radius 1 is 1.30 bits per heavy atom. The van der Waals surface area contributed by atoms with Crippen LogP contribution in [0, 0.1) is 17.1 Å². The molecule has 2 aromatic carbocycles. The Kier molecular flexibility index (Phi) is 5.05. The number of thioether (sulfide) groups is 1. The minimum absolute atomic E-state index is 0.100. The number of rotatable bonds is 4. The summed E-state index contributed by atoms with van der Waals surface area (Å²) in [6.45, 7) is 2.01. The van der Waals surface area contributed by atoms with Crippen LogP contribution in [0.15, 0.2) is 45.8 Å². The molecule has 0 aliphatic rings. The summed E-state index contributed by atoms with van der Waals surface area (Å²) in [5.41, 5.74) is 0.432. The molecular formula is C15H11BrFNOS. The van der Waals surface area contributed by atoms with Gasteiger partial charge >= 0.3 is 0 Å². The Hall–Kier alpha value is -1.51.